The smallest absolute Gasteiger partial charge is 0.313 e. The number of terminal acetylenes is 1. The Kier molecular flexibility index (Phi) is 5.84. The van der Waals surface area contributed by atoms with Crippen LogP contribution >= 0.6 is 0 Å². The Morgan fingerprint density at radius 1 is 1.07 bits per heavy atom. The van der Waals surface area contributed by atoms with Crippen molar-refractivity contribution in [1.29, 1.82) is 0 Å². The molecule has 0 saturated carbocycles. The Balaban J connectivity index is 2.81. The van der Waals surface area contributed by atoms with E-state index in [0.717, 1.165) is 6.07 Å². The van der Waals surface area contributed by atoms with Gasteiger partial charge in [-0.1, -0.05) is 44.9 Å². The maximum Gasteiger partial charge on any atom is 0.313 e. The lowest BCUT2D eigenvalue weighted by Gasteiger charge is -2.24. The maximum atomic E-state index is 14.6. The van der Waals surface area contributed by atoms with E-state index in [2.05, 4.69) is 11.2 Å². The molecule has 2 aromatic rings. The molecule has 1 amide bonds. The van der Waals surface area contributed by atoms with Crippen LogP contribution in [-0.2, 0) is 15.0 Å². The zero-order chi connectivity index (χ0) is 22.1. The average molecular weight is 399 g/mol. The molecule has 152 valence electrons. The highest BCUT2D eigenvalue weighted by Gasteiger charge is 2.33. The second-order valence-electron chi connectivity index (χ2n) is 8.32. The molecule has 0 unspecified atom stereocenters. The van der Waals surface area contributed by atoms with Gasteiger partial charge in [0.25, 0.3) is 0 Å². The summed E-state index contributed by atoms with van der Waals surface area (Å²) in [4.78, 5) is 24.2. The molecule has 0 heterocycles. The van der Waals surface area contributed by atoms with Crippen molar-refractivity contribution in [3.8, 4) is 23.5 Å². The summed E-state index contributed by atoms with van der Waals surface area (Å²) >= 11 is 0. The number of anilines is 1. The molecule has 2 rings (SSSR count). The molecule has 29 heavy (non-hydrogen) atoms. The molecule has 0 aliphatic carbocycles. The third-order valence-electron chi connectivity index (χ3n) is 4.68. The van der Waals surface area contributed by atoms with Gasteiger partial charge in [-0.15, -0.1) is 6.42 Å². The lowest BCUT2D eigenvalue weighted by atomic mass is 9.79. The van der Waals surface area contributed by atoms with Crippen molar-refractivity contribution in [3.63, 3.8) is 0 Å². The first-order valence-electron chi connectivity index (χ1n) is 8.95. The van der Waals surface area contributed by atoms with Gasteiger partial charge in [-0.25, -0.2) is 8.78 Å². The largest absolute Gasteiger partial charge is 0.481 e. The molecule has 0 radical (unpaired) electrons. The lowest BCUT2D eigenvalue weighted by molar-refractivity contribution is -0.142. The highest BCUT2D eigenvalue weighted by Crippen LogP contribution is 2.38. The van der Waals surface area contributed by atoms with Gasteiger partial charge in [-0.05, 0) is 31.0 Å². The number of carboxylic acids is 1. The van der Waals surface area contributed by atoms with Crippen LogP contribution in [0.25, 0.3) is 11.1 Å². The molecule has 0 spiro atoms. The van der Waals surface area contributed by atoms with Crippen LogP contribution in [0.15, 0.2) is 30.3 Å². The molecular formula is C23H23F2NO3. The summed E-state index contributed by atoms with van der Waals surface area (Å²) in [5.74, 6) is -0.916. The number of nitrogens with one attached hydrogen (secondary N) is 1. The van der Waals surface area contributed by atoms with E-state index in [1.54, 1.807) is 32.9 Å². The Morgan fingerprint density at radius 3 is 2.21 bits per heavy atom. The van der Waals surface area contributed by atoms with Crippen LogP contribution in [0.2, 0.25) is 0 Å². The van der Waals surface area contributed by atoms with Gasteiger partial charge < -0.3 is 10.4 Å². The molecule has 6 heteroatoms. The number of hydrogen-bond acceptors (Lipinski definition) is 2. The van der Waals surface area contributed by atoms with Crippen LogP contribution in [-0.4, -0.2) is 17.0 Å². The number of carboxylic acid groups (broad SMARTS) is 1. The summed E-state index contributed by atoms with van der Waals surface area (Å²) in [5.41, 5.74) is -1.57. The zero-order valence-electron chi connectivity index (χ0n) is 17.0. The van der Waals surface area contributed by atoms with Gasteiger partial charge in [-0.3, -0.25) is 9.59 Å². The van der Waals surface area contributed by atoms with Crippen molar-refractivity contribution < 1.29 is 23.5 Å². The molecule has 4 nitrogen and oxygen atoms in total. The van der Waals surface area contributed by atoms with Gasteiger partial charge in [0.1, 0.15) is 11.6 Å². The SMILES string of the molecule is C#Cc1c(-c2cc(F)cc(F)c2NC(=O)C(C)(C)C)cccc1C(C)(C)C(=O)O. The zero-order valence-corrected chi connectivity index (χ0v) is 17.0. The van der Waals surface area contributed by atoms with E-state index in [0.29, 0.717) is 11.6 Å². The molecule has 2 N–H and O–H groups in total. The van der Waals surface area contributed by atoms with E-state index in [9.17, 15) is 23.5 Å². The number of benzene rings is 2. The van der Waals surface area contributed by atoms with E-state index >= 15 is 0 Å². The van der Waals surface area contributed by atoms with E-state index < -0.39 is 34.3 Å². The predicted molar refractivity (Wildman–Crippen MR) is 108 cm³/mol. The summed E-state index contributed by atoms with van der Waals surface area (Å²) in [6.45, 7) is 7.96. The number of rotatable bonds is 4. The van der Waals surface area contributed by atoms with Crippen LogP contribution in [0.5, 0.6) is 0 Å². The van der Waals surface area contributed by atoms with E-state index in [1.807, 2.05) is 0 Å². The van der Waals surface area contributed by atoms with Gasteiger partial charge in [0, 0.05) is 22.6 Å². The number of carbonyl (C=O) groups excluding carboxylic acids is 1. The van der Waals surface area contributed by atoms with Gasteiger partial charge >= 0.3 is 5.97 Å². The number of aliphatic carboxylic acids is 1. The Bertz CT molecular complexity index is 1030. The first kappa shape index (κ1) is 22.1. The Labute approximate surface area is 169 Å². The van der Waals surface area contributed by atoms with Crippen molar-refractivity contribution in [3.05, 3.63) is 53.1 Å². The van der Waals surface area contributed by atoms with Crippen molar-refractivity contribution >= 4 is 17.6 Å². The van der Waals surface area contributed by atoms with E-state index in [4.69, 9.17) is 6.42 Å². The molecule has 2 aromatic carbocycles. The summed E-state index contributed by atoms with van der Waals surface area (Å²) in [6.07, 6.45) is 5.66. The van der Waals surface area contributed by atoms with Crippen molar-refractivity contribution in [2.75, 3.05) is 5.32 Å². The number of carbonyl (C=O) groups is 2. The first-order valence-corrected chi connectivity index (χ1v) is 8.95. The van der Waals surface area contributed by atoms with Gasteiger partial charge in [0.15, 0.2) is 0 Å². The summed E-state index contributed by atoms with van der Waals surface area (Å²) in [6, 6.07) is 6.40. The van der Waals surface area contributed by atoms with Gasteiger partial charge in [0.2, 0.25) is 5.91 Å². The summed E-state index contributed by atoms with van der Waals surface area (Å²) in [5, 5.41) is 12.1. The van der Waals surface area contributed by atoms with Crippen LogP contribution in [0.4, 0.5) is 14.5 Å². The second kappa shape index (κ2) is 7.67. The third-order valence-corrected chi connectivity index (χ3v) is 4.68. The maximum absolute atomic E-state index is 14.6. The molecule has 0 bridgehead atoms. The minimum Gasteiger partial charge on any atom is -0.481 e. The fraction of sp³-hybridized carbons (Fsp3) is 0.304. The first-order chi connectivity index (χ1) is 13.3. The van der Waals surface area contributed by atoms with Crippen molar-refractivity contribution in [2.45, 2.75) is 40.0 Å². The second-order valence-corrected chi connectivity index (χ2v) is 8.32. The summed E-state index contributed by atoms with van der Waals surface area (Å²) in [7, 11) is 0. The lowest BCUT2D eigenvalue weighted by Crippen LogP contribution is -2.30. The van der Waals surface area contributed by atoms with Gasteiger partial charge in [0.05, 0.1) is 11.1 Å². The monoisotopic (exact) mass is 399 g/mol. The van der Waals surface area contributed by atoms with E-state index in [1.165, 1.54) is 19.9 Å². The van der Waals surface area contributed by atoms with Crippen molar-refractivity contribution in [1.82, 2.24) is 0 Å². The predicted octanol–water partition coefficient (Wildman–Crippen LogP) is 4.96. The van der Waals surface area contributed by atoms with E-state index in [-0.39, 0.29) is 22.4 Å². The van der Waals surface area contributed by atoms with Crippen molar-refractivity contribution in [2.24, 2.45) is 5.41 Å². The average Bonchev–Trinajstić information content (AvgIpc) is 2.61. The van der Waals surface area contributed by atoms with Gasteiger partial charge in [-0.2, -0.15) is 0 Å². The molecule has 0 aliphatic rings. The molecular weight excluding hydrogens is 376 g/mol. The highest BCUT2D eigenvalue weighted by molar-refractivity contribution is 5.99. The number of amides is 1. The number of hydrogen-bond donors (Lipinski definition) is 2. The standard InChI is InChI=1S/C23H23F2NO3/c1-7-14-15(9-8-10-17(14)23(5,6)21(28)29)16-11-13(24)12-18(25)19(16)26-20(27)22(2,3)4/h1,8-12H,2-6H3,(H,26,27)(H,28,29). The molecule has 0 saturated heterocycles. The minimum absolute atomic E-state index is 0.0380. The highest BCUT2D eigenvalue weighted by atomic mass is 19.1. The van der Waals surface area contributed by atoms with Crippen LogP contribution in [0.3, 0.4) is 0 Å². The Morgan fingerprint density at radius 2 is 1.69 bits per heavy atom. The van der Waals surface area contributed by atoms with Crippen LogP contribution in [0.1, 0.15) is 45.7 Å². The third kappa shape index (κ3) is 4.29. The van der Waals surface area contributed by atoms with Crippen LogP contribution in [0, 0.1) is 29.4 Å². The minimum atomic E-state index is -1.33. The molecule has 0 aliphatic heterocycles. The normalized spacial score (nSPS) is 11.7. The fourth-order valence-electron chi connectivity index (χ4n) is 2.78. The number of halogens is 2. The molecule has 0 aromatic heterocycles. The molecule has 0 fully saturated rings. The molecule has 0 atom stereocenters. The quantitative estimate of drug-likeness (QED) is 0.714. The van der Waals surface area contributed by atoms with Crippen LogP contribution < -0.4 is 5.32 Å². The topological polar surface area (TPSA) is 66.4 Å². The Hall–Kier alpha value is -3.20. The fourth-order valence-corrected chi connectivity index (χ4v) is 2.78. The summed E-state index contributed by atoms with van der Waals surface area (Å²) < 4.78 is 28.7.